The first-order chi connectivity index (χ1) is 11.1. The largest absolute Gasteiger partial charge is 0.337 e. The summed E-state index contributed by atoms with van der Waals surface area (Å²) in [6, 6.07) is 0.105. The van der Waals surface area contributed by atoms with Crippen LogP contribution in [-0.2, 0) is 13.6 Å². The van der Waals surface area contributed by atoms with Crippen LogP contribution < -0.4 is 5.32 Å². The minimum atomic E-state index is 0.105. The maximum atomic E-state index is 12.4. The fraction of sp³-hybridized carbons (Fsp3) is 0.750. The van der Waals surface area contributed by atoms with Crippen molar-refractivity contribution in [1.29, 1.82) is 0 Å². The molecule has 1 aromatic heterocycles. The SMILES string of the molecule is CSC1(CNC(=O)N2CCCN(Cc3cnn(C)c3)CC2)CC1. The van der Waals surface area contributed by atoms with Crippen LogP contribution in [0, 0.1) is 0 Å². The molecule has 1 aromatic rings. The molecule has 0 aromatic carbocycles. The minimum Gasteiger partial charge on any atom is -0.337 e. The molecule has 6 nitrogen and oxygen atoms in total. The van der Waals surface area contributed by atoms with E-state index in [1.165, 1.54) is 18.4 Å². The van der Waals surface area contributed by atoms with E-state index in [9.17, 15) is 4.79 Å². The van der Waals surface area contributed by atoms with Gasteiger partial charge in [0.1, 0.15) is 0 Å². The smallest absolute Gasteiger partial charge is 0.317 e. The molecule has 128 valence electrons. The number of aryl methyl sites for hydroxylation is 1. The van der Waals surface area contributed by atoms with Crippen LogP contribution in [-0.4, -0.2) is 69.3 Å². The van der Waals surface area contributed by atoms with Crippen LogP contribution in [0.2, 0.25) is 0 Å². The number of hydrogen-bond acceptors (Lipinski definition) is 4. The van der Waals surface area contributed by atoms with E-state index in [1.54, 1.807) is 0 Å². The van der Waals surface area contributed by atoms with Crippen LogP contribution in [0.15, 0.2) is 12.4 Å². The first-order valence-corrected chi connectivity index (χ1v) is 9.60. The molecule has 2 fully saturated rings. The van der Waals surface area contributed by atoms with Crippen molar-refractivity contribution in [3.8, 4) is 0 Å². The fourth-order valence-corrected chi connectivity index (χ4v) is 3.81. The lowest BCUT2D eigenvalue weighted by Gasteiger charge is -2.23. The maximum absolute atomic E-state index is 12.4. The van der Waals surface area contributed by atoms with Crippen molar-refractivity contribution < 1.29 is 4.79 Å². The number of nitrogens with zero attached hydrogens (tertiary/aromatic N) is 4. The standard InChI is InChI=1S/C16H27N5OS/c1-19-11-14(10-18-19)12-20-6-3-7-21(9-8-20)15(22)17-13-16(23-2)4-5-16/h10-11H,3-9,12-13H2,1-2H3,(H,17,22). The molecule has 0 bridgehead atoms. The van der Waals surface area contributed by atoms with Gasteiger partial charge in [0, 0.05) is 62.8 Å². The van der Waals surface area contributed by atoms with Crippen LogP contribution in [0.4, 0.5) is 4.79 Å². The number of aromatic nitrogens is 2. The van der Waals surface area contributed by atoms with Crippen LogP contribution >= 0.6 is 11.8 Å². The number of thioether (sulfide) groups is 1. The first kappa shape index (κ1) is 16.6. The number of rotatable bonds is 5. The second-order valence-corrected chi connectivity index (χ2v) is 7.96. The Hall–Kier alpha value is -1.21. The van der Waals surface area contributed by atoms with E-state index in [2.05, 4.69) is 27.8 Å². The predicted molar refractivity (Wildman–Crippen MR) is 93.6 cm³/mol. The van der Waals surface area contributed by atoms with Gasteiger partial charge in [0.25, 0.3) is 0 Å². The highest BCUT2D eigenvalue weighted by atomic mass is 32.2. The molecule has 0 atom stereocenters. The molecule has 2 aliphatic rings. The van der Waals surface area contributed by atoms with Gasteiger partial charge >= 0.3 is 6.03 Å². The van der Waals surface area contributed by atoms with Crippen molar-refractivity contribution in [2.45, 2.75) is 30.6 Å². The summed E-state index contributed by atoms with van der Waals surface area (Å²) >= 11 is 1.89. The number of urea groups is 1. The molecule has 1 aliphatic heterocycles. The first-order valence-electron chi connectivity index (χ1n) is 8.38. The summed E-state index contributed by atoms with van der Waals surface area (Å²) in [6.07, 6.45) is 9.61. The van der Waals surface area contributed by atoms with Gasteiger partial charge in [-0.2, -0.15) is 16.9 Å². The molecule has 1 saturated heterocycles. The Morgan fingerprint density at radius 3 is 2.83 bits per heavy atom. The average Bonchev–Trinajstić information content (AvgIpc) is 3.27. The molecule has 2 amide bonds. The van der Waals surface area contributed by atoms with E-state index in [1.807, 2.05) is 34.6 Å². The molecular formula is C16H27N5OS. The van der Waals surface area contributed by atoms with E-state index in [-0.39, 0.29) is 6.03 Å². The Kier molecular flexibility index (Phi) is 5.16. The maximum Gasteiger partial charge on any atom is 0.317 e. The Morgan fingerprint density at radius 2 is 2.17 bits per heavy atom. The topological polar surface area (TPSA) is 53.4 Å². The lowest BCUT2D eigenvalue weighted by Crippen LogP contribution is -2.44. The van der Waals surface area contributed by atoms with Gasteiger partial charge in [-0.05, 0) is 25.5 Å². The highest BCUT2D eigenvalue weighted by molar-refractivity contribution is 8.00. The summed E-state index contributed by atoms with van der Waals surface area (Å²) in [6.45, 7) is 5.34. The van der Waals surface area contributed by atoms with Crippen molar-refractivity contribution in [3.05, 3.63) is 18.0 Å². The minimum absolute atomic E-state index is 0.105. The zero-order valence-electron chi connectivity index (χ0n) is 14.1. The Labute approximate surface area is 142 Å². The third kappa shape index (κ3) is 4.41. The molecule has 1 saturated carbocycles. The van der Waals surface area contributed by atoms with Gasteiger partial charge < -0.3 is 10.2 Å². The molecule has 23 heavy (non-hydrogen) atoms. The molecule has 3 rings (SSSR count). The number of carbonyl (C=O) groups excluding carboxylic acids is 1. The molecule has 0 radical (unpaired) electrons. The number of amides is 2. The zero-order valence-corrected chi connectivity index (χ0v) is 14.9. The summed E-state index contributed by atoms with van der Waals surface area (Å²) in [5, 5.41) is 7.36. The van der Waals surface area contributed by atoms with Gasteiger partial charge in [-0.3, -0.25) is 9.58 Å². The molecule has 7 heteroatoms. The number of nitrogens with one attached hydrogen (secondary N) is 1. The molecule has 1 aliphatic carbocycles. The predicted octanol–water partition coefficient (Wildman–Crippen LogP) is 1.53. The van der Waals surface area contributed by atoms with Crippen LogP contribution in [0.5, 0.6) is 0 Å². The zero-order chi connectivity index (χ0) is 16.3. The van der Waals surface area contributed by atoms with E-state index in [0.29, 0.717) is 4.75 Å². The van der Waals surface area contributed by atoms with E-state index >= 15 is 0 Å². The Morgan fingerprint density at radius 1 is 1.35 bits per heavy atom. The molecule has 0 unspecified atom stereocenters. The summed E-state index contributed by atoms with van der Waals surface area (Å²) in [5.74, 6) is 0. The van der Waals surface area contributed by atoms with Crippen LogP contribution in [0.1, 0.15) is 24.8 Å². The second kappa shape index (κ2) is 7.13. The monoisotopic (exact) mass is 337 g/mol. The van der Waals surface area contributed by atoms with Crippen LogP contribution in [0.3, 0.4) is 0 Å². The van der Waals surface area contributed by atoms with E-state index < -0.39 is 0 Å². The highest BCUT2D eigenvalue weighted by Crippen LogP contribution is 2.46. The molecular weight excluding hydrogens is 310 g/mol. The quantitative estimate of drug-likeness (QED) is 0.885. The van der Waals surface area contributed by atoms with Crippen molar-refractivity contribution >= 4 is 17.8 Å². The summed E-state index contributed by atoms with van der Waals surface area (Å²) in [7, 11) is 1.94. The third-order valence-corrected chi connectivity index (χ3v) is 6.26. The van der Waals surface area contributed by atoms with Gasteiger partial charge in [-0.15, -0.1) is 0 Å². The van der Waals surface area contributed by atoms with Gasteiger partial charge in [-0.25, -0.2) is 4.79 Å². The van der Waals surface area contributed by atoms with Gasteiger partial charge in [-0.1, -0.05) is 0 Å². The fourth-order valence-electron chi connectivity index (χ4n) is 3.08. The lowest BCUT2D eigenvalue weighted by atomic mass is 10.3. The van der Waals surface area contributed by atoms with Crippen LogP contribution in [0.25, 0.3) is 0 Å². The molecule has 2 heterocycles. The van der Waals surface area contributed by atoms with E-state index in [4.69, 9.17) is 0 Å². The number of hydrogen-bond donors (Lipinski definition) is 1. The van der Waals surface area contributed by atoms with E-state index in [0.717, 1.165) is 45.7 Å². The van der Waals surface area contributed by atoms with Crippen molar-refractivity contribution in [3.63, 3.8) is 0 Å². The normalized spacial score (nSPS) is 21.0. The third-order valence-electron chi connectivity index (χ3n) is 4.84. The molecule has 0 spiro atoms. The van der Waals surface area contributed by atoms with Gasteiger partial charge in [0.2, 0.25) is 0 Å². The van der Waals surface area contributed by atoms with Crippen molar-refractivity contribution in [2.24, 2.45) is 7.05 Å². The lowest BCUT2D eigenvalue weighted by molar-refractivity contribution is 0.197. The average molecular weight is 337 g/mol. The highest BCUT2D eigenvalue weighted by Gasteiger charge is 2.42. The van der Waals surface area contributed by atoms with Crippen molar-refractivity contribution in [2.75, 3.05) is 39.0 Å². The van der Waals surface area contributed by atoms with Gasteiger partial charge in [0.05, 0.1) is 6.20 Å². The molecule has 1 N–H and O–H groups in total. The summed E-state index contributed by atoms with van der Waals surface area (Å²) in [4.78, 5) is 16.8. The van der Waals surface area contributed by atoms with Gasteiger partial charge in [0.15, 0.2) is 0 Å². The Bertz CT molecular complexity index is 542. The summed E-state index contributed by atoms with van der Waals surface area (Å²) in [5.41, 5.74) is 1.24. The van der Waals surface area contributed by atoms with Crippen molar-refractivity contribution in [1.82, 2.24) is 24.9 Å². The number of carbonyl (C=O) groups is 1. The second-order valence-electron chi connectivity index (χ2n) is 6.68. The summed E-state index contributed by atoms with van der Waals surface area (Å²) < 4.78 is 2.17. The Balaban J connectivity index is 1.45.